The van der Waals surface area contributed by atoms with Crippen LogP contribution in [0.2, 0.25) is 0 Å². The number of aryl methyl sites for hydroxylation is 1. The van der Waals surface area contributed by atoms with Crippen molar-refractivity contribution in [1.29, 1.82) is 0 Å². The van der Waals surface area contributed by atoms with E-state index in [9.17, 15) is 14.7 Å². The smallest absolute Gasteiger partial charge is 0.337 e. The molecule has 138 valence electrons. The van der Waals surface area contributed by atoms with Crippen LogP contribution in [-0.2, 0) is 9.47 Å². The fourth-order valence-corrected chi connectivity index (χ4v) is 4.23. The van der Waals surface area contributed by atoms with Gasteiger partial charge in [0.15, 0.2) is 0 Å². The van der Waals surface area contributed by atoms with Crippen LogP contribution in [0.4, 0.5) is 0 Å². The van der Waals surface area contributed by atoms with Crippen LogP contribution in [0.15, 0.2) is 0 Å². The van der Waals surface area contributed by atoms with E-state index >= 15 is 0 Å². The molecule has 1 atom stereocenters. The molecule has 0 aromatic carbocycles. The van der Waals surface area contributed by atoms with Crippen molar-refractivity contribution in [3.63, 3.8) is 0 Å². The first-order chi connectivity index (χ1) is 11.9. The van der Waals surface area contributed by atoms with Crippen LogP contribution in [0.1, 0.15) is 57.8 Å². The Morgan fingerprint density at radius 1 is 1.32 bits per heavy atom. The second-order valence-electron chi connectivity index (χ2n) is 7.00. The molecule has 0 aliphatic carbocycles. The van der Waals surface area contributed by atoms with Crippen LogP contribution >= 0.6 is 0 Å². The molecule has 2 aliphatic rings. The SMILES string of the molecule is CO[C@@H]1CCCOC12CCN(C(=O)c1[nH]c(C)c(C(=O)O)c1C)CC2. The van der Waals surface area contributed by atoms with Gasteiger partial charge in [0.1, 0.15) is 5.69 Å². The molecule has 1 aromatic rings. The summed E-state index contributed by atoms with van der Waals surface area (Å²) in [4.78, 5) is 28.9. The summed E-state index contributed by atoms with van der Waals surface area (Å²) in [6, 6.07) is 0. The first-order valence-corrected chi connectivity index (χ1v) is 8.78. The van der Waals surface area contributed by atoms with E-state index in [-0.39, 0.29) is 23.2 Å². The minimum Gasteiger partial charge on any atom is -0.478 e. The number of aromatic amines is 1. The van der Waals surface area contributed by atoms with E-state index in [1.165, 1.54) is 0 Å². The highest BCUT2D eigenvalue weighted by molar-refractivity contribution is 6.00. The van der Waals surface area contributed by atoms with Gasteiger partial charge in [-0.25, -0.2) is 4.79 Å². The Kier molecular flexibility index (Phi) is 4.88. The second-order valence-corrected chi connectivity index (χ2v) is 7.00. The van der Waals surface area contributed by atoms with Crippen molar-refractivity contribution in [2.75, 3.05) is 26.8 Å². The number of carboxylic acid groups (broad SMARTS) is 1. The molecule has 7 nitrogen and oxygen atoms in total. The quantitative estimate of drug-likeness (QED) is 0.871. The summed E-state index contributed by atoms with van der Waals surface area (Å²) in [6.45, 7) is 5.26. The van der Waals surface area contributed by atoms with Gasteiger partial charge >= 0.3 is 5.97 Å². The molecule has 3 rings (SSSR count). The van der Waals surface area contributed by atoms with Gasteiger partial charge in [-0.3, -0.25) is 4.79 Å². The molecule has 0 bridgehead atoms. The summed E-state index contributed by atoms with van der Waals surface area (Å²) in [5, 5.41) is 9.30. The molecule has 0 unspecified atom stereocenters. The van der Waals surface area contributed by atoms with Crippen molar-refractivity contribution in [3.8, 4) is 0 Å². The number of nitrogens with zero attached hydrogens (tertiary/aromatic N) is 1. The second kappa shape index (κ2) is 6.80. The first kappa shape index (κ1) is 17.9. The van der Waals surface area contributed by atoms with Gasteiger partial charge in [0.05, 0.1) is 17.3 Å². The fraction of sp³-hybridized carbons (Fsp3) is 0.667. The van der Waals surface area contributed by atoms with Crippen LogP contribution in [0.5, 0.6) is 0 Å². The van der Waals surface area contributed by atoms with E-state index < -0.39 is 5.97 Å². The summed E-state index contributed by atoms with van der Waals surface area (Å²) >= 11 is 0. The summed E-state index contributed by atoms with van der Waals surface area (Å²) in [7, 11) is 1.72. The normalized spacial score (nSPS) is 23.0. The maximum Gasteiger partial charge on any atom is 0.337 e. The Labute approximate surface area is 147 Å². The number of methoxy groups -OCH3 is 1. The Morgan fingerprint density at radius 3 is 2.56 bits per heavy atom. The number of amides is 1. The van der Waals surface area contributed by atoms with Gasteiger partial charge in [0.25, 0.3) is 5.91 Å². The number of rotatable bonds is 3. The summed E-state index contributed by atoms with van der Waals surface area (Å²) in [5.74, 6) is -1.16. The predicted octanol–water partition coefficient (Wildman–Crippen LogP) is 2.13. The van der Waals surface area contributed by atoms with Crippen LogP contribution < -0.4 is 0 Å². The molecule has 7 heteroatoms. The zero-order chi connectivity index (χ0) is 18.2. The fourth-order valence-electron chi connectivity index (χ4n) is 4.23. The number of carboxylic acids is 1. The Morgan fingerprint density at radius 2 is 2.00 bits per heavy atom. The number of hydrogen-bond acceptors (Lipinski definition) is 4. The number of carbonyl (C=O) groups is 2. The van der Waals surface area contributed by atoms with Crippen LogP contribution in [0.25, 0.3) is 0 Å². The lowest BCUT2D eigenvalue weighted by molar-refractivity contribution is -0.183. The zero-order valence-corrected chi connectivity index (χ0v) is 15.1. The lowest BCUT2D eigenvalue weighted by Crippen LogP contribution is -2.56. The van der Waals surface area contributed by atoms with Gasteiger partial charge in [-0.2, -0.15) is 0 Å². The van der Waals surface area contributed by atoms with Crippen molar-refractivity contribution in [1.82, 2.24) is 9.88 Å². The molecule has 2 saturated heterocycles. The van der Waals surface area contributed by atoms with E-state index in [1.54, 1.807) is 25.9 Å². The van der Waals surface area contributed by atoms with Gasteiger partial charge in [-0.15, -0.1) is 0 Å². The summed E-state index contributed by atoms with van der Waals surface area (Å²) < 4.78 is 11.7. The molecule has 1 spiro atoms. The van der Waals surface area contributed by atoms with E-state index in [0.717, 1.165) is 32.3 Å². The number of likely N-dealkylation sites (tertiary alicyclic amines) is 1. The topological polar surface area (TPSA) is 91.9 Å². The predicted molar refractivity (Wildman–Crippen MR) is 91.1 cm³/mol. The average molecular weight is 350 g/mol. The van der Waals surface area contributed by atoms with Crippen molar-refractivity contribution in [2.24, 2.45) is 0 Å². The van der Waals surface area contributed by atoms with E-state index in [2.05, 4.69) is 4.98 Å². The molecule has 0 saturated carbocycles. The zero-order valence-electron chi connectivity index (χ0n) is 15.1. The van der Waals surface area contributed by atoms with Crippen molar-refractivity contribution in [3.05, 3.63) is 22.5 Å². The highest BCUT2D eigenvalue weighted by atomic mass is 16.5. The van der Waals surface area contributed by atoms with Gasteiger partial charge in [-0.05, 0) is 45.1 Å². The van der Waals surface area contributed by atoms with Gasteiger partial charge in [0.2, 0.25) is 0 Å². The molecule has 25 heavy (non-hydrogen) atoms. The minimum atomic E-state index is -1.01. The summed E-state index contributed by atoms with van der Waals surface area (Å²) in [6.07, 6.45) is 3.54. The lowest BCUT2D eigenvalue weighted by atomic mass is 9.81. The number of aromatic nitrogens is 1. The van der Waals surface area contributed by atoms with Crippen molar-refractivity contribution in [2.45, 2.75) is 51.2 Å². The number of carbonyl (C=O) groups excluding carboxylic acids is 1. The maximum atomic E-state index is 12.9. The minimum absolute atomic E-state index is 0.0755. The largest absolute Gasteiger partial charge is 0.478 e. The highest BCUT2D eigenvalue weighted by Crippen LogP contribution is 2.37. The highest BCUT2D eigenvalue weighted by Gasteiger charge is 2.45. The van der Waals surface area contributed by atoms with E-state index in [4.69, 9.17) is 9.47 Å². The van der Waals surface area contributed by atoms with Crippen molar-refractivity contribution >= 4 is 11.9 Å². The Hall–Kier alpha value is -1.86. The van der Waals surface area contributed by atoms with Gasteiger partial charge in [0, 0.05) is 32.5 Å². The van der Waals surface area contributed by atoms with Crippen LogP contribution in [-0.4, -0.2) is 65.4 Å². The third kappa shape index (κ3) is 3.06. The standard InChI is InChI=1S/C18H26N2O5/c1-11-14(17(22)23)12(2)19-15(11)16(21)20-8-6-18(7-9-20)13(24-3)5-4-10-25-18/h13,19H,4-10H2,1-3H3,(H,22,23)/t13-/m1/s1. The number of piperidine rings is 1. The average Bonchev–Trinajstić information content (AvgIpc) is 2.90. The van der Waals surface area contributed by atoms with Crippen LogP contribution in [0.3, 0.4) is 0 Å². The third-order valence-corrected chi connectivity index (χ3v) is 5.63. The van der Waals surface area contributed by atoms with Gasteiger partial charge < -0.3 is 24.5 Å². The molecular weight excluding hydrogens is 324 g/mol. The van der Waals surface area contributed by atoms with Crippen molar-refractivity contribution < 1.29 is 24.2 Å². The first-order valence-electron chi connectivity index (χ1n) is 8.78. The molecule has 0 radical (unpaired) electrons. The number of H-pyrrole nitrogens is 1. The van der Waals surface area contributed by atoms with Crippen LogP contribution in [0, 0.1) is 13.8 Å². The number of nitrogens with one attached hydrogen (secondary N) is 1. The number of aromatic carboxylic acids is 1. The molecule has 3 heterocycles. The Balaban J connectivity index is 1.74. The maximum absolute atomic E-state index is 12.9. The number of ether oxygens (including phenoxy) is 2. The van der Waals surface area contributed by atoms with E-state index in [0.29, 0.717) is 30.0 Å². The van der Waals surface area contributed by atoms with E-state index in [1.807, 2.05) is 0 Å². The lowest BCUT2D eigenvalue weighted by Gasteiger charge is -2.47. The van der Waals surface area contributed by atoms with Gasteiger partial charge in [-0.1, -0.05) is 0 Å². The molecule has 1 aromatic heterocycles. The molecule has 2 fully saturated rings. The molecule has 2 aliphatic heterocycles. The molecule has 1 amide bonds. The Bertz CT molecular complexity index is 673. The number of hydrogen-bond donors (Lipinski definition) is 2. The molecule has 2 N–H and O–H groups in total. The monoisotopic (exact) mass is 350 g/mol. The summed E-state index contributed by atoms with van der Waals surface area (Å²) in [5.41, 5.74) is 1.28. The molecular formula is C18H26N2O5. The third-order valence-electron chi connectivity index (χ3n) is 5.63.